The molecule has 0 unspecified atom stereocenters. The first-order chi connectivity index (χ1) is 15.7. The molecule has 1 amide bonds. The summed E-state index contributed by atoms with van der Waals surface area (Å²) in [5.74, 6) is 1.37. The van der Waals surface area contributed by atoms with Gasteiger partial charge in [-0.15, -0.1) is 0 Å². The predicted molar refractivity (Wildman–Crippen MR) is 125 cm³/mol. The van der Waals surface area contributed by atoms with E-state index in [1.54, 1.807) is 0 Å². The Bertz CT molecular complexity index is 1300. The average molecular weight is 422 g/mol. The molecule has 1 N–H and O–H groups in total. The first kappa shape index (κ1) is 19.8. The molecule has 0 radical (unpaired) electrons. The minimum absolute atomic E-state index is 0.127. The molecule has 3 aromatic carbocycles. The van der Waals surface area contributed by atoms with Crippen LogP contribution in [0.25, 0.3) is 22.5 Å². The van der Waals surface area contributed by atoms with Crippen molar-refractivity contribution in [2.24, 2.45) is 0 Å². The first-order valence-corrected chi connectivity index (χ1v) is 10.5. The maximum Gasteiger partial charge on any atom is 0.255 e. The van der Waals surface area contributed by atoms with Crippen LogP contribution in [-0.2, 0) is 0 Å². The van der Waals surface area contributed by atoms with E-state index >= 15 is 0 Å². The Morgan fingerprint density at radius 1 is 0.781 bits per heavy atom. The Kier molecular flexibility index (Phi) is 5.30. The van der Waals surface area contributed by atoms with Crippen LogP contribution in [0.15, 0.2) is 84.9 Å². The van der Waals surface area contributed by atoms with Gasteiger partial charge in [-0.2, -0.15) is 0 Å². The summed E-state index contributed by atoms with van der Waals surface area (Å²) in [6.07, 6.45) is 0. The third-order valence-electron chi connectivity index (χ3n) is 5.39. The zero-order chi connectivity index (χ0) is 21.9. The fraction of sp³-hybridized carbons (Fsp3) is 0.111. The number of anilines is 1. The maximum absolute atomic E-state index is 12.7. The second-order valence-corrected chi connectivity index (χ2v) is 7.62. The van der Waals surface area contributed by atoms with E-state index in [0.29, 0.717) is 18.8 Å². The molecule has 158 valence electrons. The summed E-state index contributed by atoms with van der Waals surface area (Å²) in [5, 5.41) is 2.99. The zero-order valence-corrected chi connectivity index (χ0v) is 17.7. The predicted octanol–water partition coefficient (Wildman–Crippen LogP) is 5.75. The van der Waals surface area contributed by atoms with Gasteiger partial charge in [-0.25, -0.2) is 4.98 Å². The smallest absolute Gasteiger partial charge is 0.255 e. The summed E-state index contributed by atoms with van der Waals surface area (Å²) in [7, 11) is 0. The van der Waals surface area contributed by atoms with Gasteiger partial charge in [-0.1, -0.05) is 36.4 Å². The average Bonchev–Trinajstić information content (AvgIpc) is 2.84. The fourth-order valence-electron chi connectivity index (χ4n) is 3.74. The van der Waals surface area contributed by atoms with E-state index in [1.165, 1.54) is 0 Å². The van der Waals surface area contributed by atoms with Crippen LogP contribution in [0.1, 0.15) is 15.9 Å². The summed E-state index contributed by atoms with van der Waals surface area (Å²) in [5.41, 5.74) is 5.87. The van der Waals surface area contributed by atoms with E-state index < -0.39 is 0 Å². The Morgan fingerprint density at radius 2 is 1.50 bits per heavy atom. The molecule has 0 spiro atoms. The number of amides is 1. The molecular formula is C27H22N2O3. The Labute approximate surface area is 186 Å². The van der Waals surface area contributed by atoms with Gasteiger partial charge in [0.25, 0.3) is 5.91 Å². The lowest BCUT2D eigenvalue weighted by Crippen LogP contribution is -2.15. The van der Waals surface area contributed by atoms with E-state index in [1.807, 2.05) is 91.9 Å². The topological polar surface area (TPSA) is 60.5 Å². The van der Waals surface area contributed by atoms with Crippen LogP contribution in [0.5, 0.6) is 11.5 Å². The van der Waals surface area contributed by atoms with Crippen molar-refractivity contribution >= 4 is 11.6 Å². The van der Waals surface area contributed by atoms with Crippen LogP contribution < -0.4 is 14.8 Å². The van der Waals surface area contributed by atoms with Crippen LogP contribution in [0.3, 0.4) is 0 Å². The van der Waals surface area contributed by atoms with Gasteiger partial charge in [0, 0.05) is 22.4 Å². The number of benzene rings is 3. The number of fused-ring (bicyclic) bond motifs is 1. The minimum Gasteiger partial charge on any atom is -0.486 e. The second kappa shape index (κ2) is 8.55. The molecule has 1 aliphatic heterocycles. The third kappa shape index (κ3) is 4.05. The Morgan fingerprint density at radius 3 is 2.31 bits per heavy atom. The highest BCUT2D eigenvalue weighted by molar-refractivity contribution is 6.05. The lowest BCUT2D eigenvalue weighted by atomic mass is 10.1. The molecule has 2 heterocycles. The summed E-state index contributed by atoms with van der Waals surface area (Å²) >= 11 is 0. The van der Waals surface area contributed by atoms with Crippen LogP contribution in [0.2, 0.25) is 0 Å². The number of carbonyl (C=O) groups is 1. The molecule has 5 rings (SSSR count). The standard InChI is InChI=1S/C27H22N2O3/c1-18-6-2-3-9-22(18)27(30)28-21-8-4-7-19(16-21)23-10-5-11-24(29-23)20-12-13-25-26(17-20)32-15-14-31-25/h2-13,16-17H,14-15H2,1H3,(H,28,30). The number of nitrogens with zero attached hydrogens (tertiary/aromatic N) is 1. The van der Waals surface area contributed by atoms with Crippen LogP contribution in [0, 0.1) is 6.92 Å². The Balaban J connectivity index is 1.41. The Hall–Kier alpha value is -4.12. The number of rotatable bonds is 4. The summed E-state index contributed by atoms with van der Waals surface area (Å²) < 4.78 is 11.3. The summed E-state index contributed by atoms with van der Waals surface area (Å²) in [6.45, 7) is 3.04. The van der Waals surface area contributed by atoms with Crippen molar-refractivity contribution in [3.8, 4) is 34.0 Å². The van der Waals surface area contributed by atoms with E-state index in [2.05, 4.69) is 5.32 Å². The normalized spacial score (nSPS) is 12.3. The van der Waals surface area contributed by atoms with Crippen molar-refractivity contribution < 1.29 is 14.3 Å². The monoisotopic (exact) mass is 422 g/mol. The molecule has 0 aliphatic carbocycles. The SMILES string of the molecule is Cc1ccccc1C(=O)Nc1cccc(-c2cccc(-c3ccc4c(c3)OCCO4)n2)c1. The number of aromatic nitrogens is 1. The fourth-order valence-corrected chi connectivity index (χ4v) is 3.74. The van der Waals surface area contributed by atoms with Gasteiger partial charge in [0.15, 0.2) is 11.5 Å². The van der Waals surface area contributed by atoms with Gasteiger partial charge in [-0.05, 0) is 61.0 Å². The van der Waals surface area contributed by atoms with Gasteiger partial charge >= 0.3 is 0 Å². The number of nitrogens with one attached hydrogen (secondary N) is 1. The van der Waals surface area contributed by atoms with Crippen LogP contribution >= 0.6 is 0 Å². The molecule has 1 aromatic heterocycles. The lowest BCUT2D eigenvalue weighted by Gasteiger charge is -2.18. The maximum atomic E-state index is 12.7. The van der Waals surface area contributed by atoms with E-state index in [0.717, 1.165) is 45.3 Å². The van der Waals surface area contributed by atoms with Crippen molar-refractivity contribution in [2.45, 2.75) is 6.92 Å². The van der Waals surface area contributed by atoms with Gasteiger partial charge in [-0.3, -0.25) is 4.79 Å². The van der Waals surface area contributed by atoms with Crippen LogP contribution in [-0.4, -0.2) is 24.1 Å². The van der Waals surface area contributed by atoms with E-state index in [4.69, 9.17) is 14.5 Å². The number of hydrogen-bond donors (Lipinski definition) is 1. The van der Waals surface area contributed by atoms with Gasteiger partial charge in [0.1, 0.15) is 13.2 Å². The molecule has 0 saturated carbocycles. The quantitative estimate of drug-likeness (QED) is 0.455. The number of pyridine rings is 1. The number of aryl methyl sites for hydroxylation is 1. The van der Waals surface area contributed by atoms with Crippen LogP contribution in [0.4, 0.5) is 5.69 Å². The minimum atomic E-state index is -0.127. The molecule has 5 heteroatoms. The van der Waals surface area contributed by atoms with E-state index in [-0.39, 0.29) is 5.91 Å². The molecular weight excluding hydrogens is 400 g/mol. The van der Waals surface area contributed by atoms with Crippen molar-refractivity contribution in [1.29, 1.82) is 0 Å². The highest BCUT2D eigenvalue weighted by atomic mass is 16.6. The lowest BCUT2D eigenvalue weighted by molar-refractivity contribution is 0.102. The van der Waals surface area contributed by atoms with Crippen molar-refractivity contribution in [2.75, 3.05) is 18.5 Å². The number of ether oxygens (including phenoxy) is 2. The molecule has 1 aliphatic rings. The molecule has 0 fully saturated rings. The molecule has 4 aromatic rings. The number of carbonyl (C=O) groups excluding carboxylic acids is 1. The van der Waals surface area contributed by atoms with E-state index in [9.17, 15) is 4.79 Å². The van der Waals surface area contributed by atoms with Gasteiger partial charge < -0.3 is 14.8 Å². The van der Waals surface area contributed by atoms with Gasteiger partial charge in [0.2, 0.25) is 0 Å². The van der Waals surface area contributed by atoms with Crippen molar-refractivity contribution in [3.05, 3.63) is 96.1 Å². The molecule has 5 nitrogen and oxygen atoms in total. The first-order valence-electron chi connectivity index (χ1n) is 10.5. The summed E-state index contributed by atoms with van der Waals surface area (Å²) in [6, 6.07) is 27.0. The molecule has 32 heavy (non-hydrogen) atoms. The molecule has 0 atom stereocenters. The van der Waals surface area contributed by atoms with Gasteiger partial charge in [0.05, 0.1) is 11.4 Å². The molecule has 0 saturated heterocycles. The highest BCUT2D eigenvalue weighted by Gasteiger charge is 2.14. The molecule has 0 bridgehead atoms. The largest absolute Gasteiger partial charge is 0.486 e. The third-order valence-corrected chi connectivity index (χ3v) is 5.39. The van der Waals surface area contributed by atoms with Crippen molar-refractivity contribution in [1.82, 2.24) is 4.98 Å². The number of hydrogen-bond acceptors (Lipinski definition) is 4. The second-order valence-electron chi connectivity index (χ2n) is 7.62. The zero-order valence-electron chi connectivity index (χ0n) is 17.7. The van der Waals surface area contributed by atoms with Crippen molar-refractivity contribution in [3.63, 3.8) is 0 Å². The highest BCUT2D eigenvalue weighted by Crippen LogP contribution is 2.34. The summed E-state index contributed by atoms with van der Waals surface area (Å²) in [4.78, 5) is 17.5.